The van der Waals surface area contributed by atoms with E-state index in [0.29, 0.717) is 27.0 Å². The van der Waals surface area contributed by atoms with Crippen LogP contribution in [0.15, 0.2) is 59.3 Å². The van der Waals surface area contributed by atoms with Crippen LogP contribution in [0.4, 0.5) is 11.4 Å². The number of nitro benzene ring substituents is 1. The van der Waals surface area contributed by atoms with Crippen molar-refractivity contribution in [3.63, 3.8) is 0 Å². The Morgan fingerprint density at radius 2 is 1.79 bits per heavy atom. The van der Waals surface area contributed by atoms with E-state index in [0.717, 1.165) is 0 Å². The number of hydrogen-bond donors (Lipinski definition) is 0. The van der Waals surface area contributed by atoms with Crippen LogP contribution in [0, 0.1) is 10.1 Å². The predicted octanol–water partition coefficient (Wildman–Crippen LogP) is 4.78. The first-order valence-corrected chi connectivity index (χ1v) is 9.05. The quantitative estimate of drug-likeness (QED) is 0.300. The number of hydrogen-bond acceptors (Lipinski definition) is 5. The minimum absolute atomic E-state index is 0.0990. The van der Waals surface area contributed by atoms with Crippen molar-refractivity contribution in [2.45, 2.75) is 6.92 Å². The first-order chi connectivity index (χ1) is 13.7. The van der Waals surface area contributed by atoms with E-state index >= 15 is 0 Å². The molecule has 9 heteroatoms. The van der Waals surface area contributed by atoms with Crippen molar-refractivity contribution in [2.75, 3.05) is 12.0 Å². The molecular weight excluding hydrogens is 419 g/mol. The van der Waals surface area contributed by atoms with Crippen LogP contribution in [0.1, 0.15) is 12.5 Å². The molecule has 0 saturated heterocycles. The summed E-state index contributed by atoms with van der Waals surface area (Å²) >= 11 is 12.0. The van der Waals surface area contributed by atoms with Crippen LogP contribution in [0.5, 0.6) is 0 Å². The second-order valence-corrected chi connectivity index (χ2v) is 6.91. The zero-order valence-electron chi connectivity index (χ0n) is 15.3. The molecule has 0 saturated carbocycles. The number of ether oxygens (including phenoxy) is 1. The number of non-ortho nitro benzene ring substituents is 1. The average molecular weight is 433 g/mol. The topological polar surface area (TPSA) is 89.8 Å². The lowest BCUT2D eigenvalue weighted by Gasteiger charge is -2.17. The summed E-state index contributed by atoms with van der Waals surface area (Å²) in [6.45, 7) is 1.60. The molecule has 0 atom stereocenters. The highest BCUT2D eigenvalue weighted by Gasteiger charge is 2.38. The lowest BCUT2D eigenvalue weighted by molar-refractivity contribution is -0.384. The molecule has 148 valence electrons. The molecule has 0 aliphatic carbocycles. The molecule has 0 unspecified atom stereocenters. The molecule has 1 aliphatic heterocycles. The Morgan fingerprint density at radius 3 is 2.34 bits per heavy atom. The van der Waals surface area contributed by atoms with E-state index in [9.17, 15) is 19.7 Å². The summed E-state index contributed by atoms with van der Waals surface area (Å²) in [5.41, 5.74) is 1.41. The minimum atomic E-state index is -0.674. The van der Waals surface area contributed by atoms with Gasteiger partial charge in [-0.1, -0.05) is 29.3 Å². The van der Waals surface area contributed by atoms with Crippen molar-refractivity contribution in [1.82, 2.24) is 0 Å². The second-order valence-electron chi connectivity index (χ2n) is 6.10. The van der Waals surface area contributed by atoms with Crippen molar-refractivity contribution >= 4 is 52.5 Å². The van der Waals surface area contributed by atoms with Crippen molar-refractivity contribution < 1.29 is 19.2 Å². The third-order valence-corrected chi connectivity index (χ3v) is 5.10. The fraction of sp³-hybridized carbons (Fsp3) is 0.100. The van der Waals surface area contributed by atoms with Crippen LogP contribution in [-0.2, 0) is 14.3 Å². The Hall–Kier alpha value is -3.16. The van der Waals surface area contributed by atoms with Gasteiger partial charge in [-0.25, -0.2) is 4.79 Å². The molecule has 0 spiro atoms. The van der Waals surface area contributed by atoms with Gasteiger partial charge in [0.1, 0.15) is 0 Å². The standard InChI is InChI=1S/C20H14Cl2N2O5/c1-11-18(20(26)29-2)15(9-12-3-8-16(21)17(22)10-12)19(25)23(11)13-4-6-14(7-5-13)24(27)28/h3-10H,1-2H3/b15-9-. The van der Waals surface area contributed by atoms with E-state index < -0.39 is 16.8 Å². The first kappa shape index (κ1) is 20.6. The summed E-state index contributed by atoms with van der Waals surface area (Å²) in [5, 5.41) is 11.5. The number of esters is 1. The maximum absolute atomic E-state index is 13.1. The number of anilines is 1. The summed E-state index contributed by atoms with van der Waals surface area (Å²) in [4.78, 5) is 37.2. The second kappa shape index (κ2) is 8.06. The summed E-state index contributed by atoms with van der Waals surface area (Å²) in [7, 11) is 1.22. The Bertz CT molecular complexity index is 1090. The highest BCUT2D eigenvalue weighted by molar-refractivity contribution is 6.42. The van der Waals surface area contributed by atoms with Crippen LogP contribution in [0.2, 0.25) is 10.0 Å². The van der Waals surface area contributed by atoms with Gasteiger partial charge in [-0.05, 0) is 42.8 Å². The van der Waals surface area contributed by atoms with E-state index in [1.165, 1.54) is 42.4 Å². The molecule has 0 radical (unpaired) electrons. The molecule has 3 rings (SSSR count). The number of methoxy groups -OCH3 is 1. The third kappa shape index (κ3) is 3.87. The Balaban J connectivity index is 2.11. The van der Waals surface area contributed by atoms with Crippen molar-refractivity contribution in [1.29, 1.82) is 0 Å². The number of allylic oxidation sites excluding steroid dienone is 1. The fourth-order valence-electron chi connectivity index (χ4n) is 2.98. The van der Waals surface area contributed by atoms with E-state index in [2.05, 4.69) is 0 Å². The maximum Gasteiger partial charge on any atom is 0.340 e. The van der Waals surface area contributed by atoms with E-state index in [4.69, 9.17) is 27.9 Å². The number of halogens is 2. The minimum Gasteiger partial charge on any atom is -0.465 e. The number of carbonyl (C=O) groups is 2. The van der Waals surface area contributed by atoms with Gasteiger partial charge in [0.15, 0.2) is 0 Å². The van der Waals surface area contributed by atoms with Gasteiger partial charge in [-0.2, -0.15) is 0 Å². The summed E-state index contributed by atoms with van der Waals surface area (Å²) in [6, 6.07) is 10.3. The van der Waals surface area contributed by atoms with Gasteiger partial charge in [0.05, 0.1) is 33.2 Å². The molecule has 1 aliphatic rings. The van der Waals surface area contributed by atoms with Crippen LogP contribution in [0.3, 0.4) is 0 Å². The summed E-state index contributed by atoms with van der Waals surface area (Å²) in [6.07, 6.45) is 1.52. The van der Waals surface area contributed by atoms with Gasteiger partial charge >= 0.3 is 5.97 Å². The van der Waals surface area contributed by atoms with Crippen molar-refractivity contribution in [3.05, 3.63) is 85.0 Å². The summed E-state index contributed by atoms with van der Waals surface area (Å²) in [5.74, 6) is -1.14. The first-order valence-electron chi connectivity index (χ1n) is 8.29. The molecule has 0 bridgehead atoms. The molecule has 2 aromatic carbocycles. The van der Waals surface area contributed by atoms with Gasteiger partial charge in [0, 0.05) is 23.5 Å². The number of benzene rings is 2. The van der Waals surface area contributed by atoms with Crippen LogP contribution in [-0.4, -0.2) is 23.9 Å². The Kier molecular flexibility index (Phi) is 5.72. The normalized spacial score (nSPS) is 15.2. The smallest absolute Gasteiger partial charge is 0.340 e. The zero-order chi connectivity index (χ0) is 21.3. The van der Waals surface area contributed by atoms with Crippen LogP contribution in [0.25, 0.3) is 6.08 Å². The lowest BCUT2D eigenvalue weighted by Crippen LogP contribution is -2.24. The number of carbonyl (C=O) groups excluding carboxylic acids is 2. The molecule has 29 heavy (non-hydrogen) atoms. The van der Waals surface area contributed by atoms with Crippen molar-refractivity contribution in [3.8, 4) is 0 Å². The molecule has 0 fully saturated rings. The Morgan fingerprint density at radius 1 is 1.14 bits per heavy atom. The van der Waals surface area contributed by atoms with Gasteiger partial charge in [-0.15, -0.1) is 0 Å². The molecule has 0 N–H and O–H groups in total. The third-order valence-electron chi connectivity index (χ3n) is 4.36. The monoisotopic (exact) mass is 432 g/mol. The van der Waals surface area contributed by atoms with E-state index in [-0.39, 0.29) is 16.8 Å². The SMILES string of the molecule is COC(=O)C1=C(C)N(c2ccc([N+](=O)[O-])cc2)C(=O)/C1=C\c1ccc(Cl)c(Cl)c1. The molecule has 0 aromatic heterocycles. The van der Waals surface area contributed by atoms with E-state index in [1.807, 2.05) is 0 Å². The predicted molar refractivity (Wildman–Crippen MR) is 110 cm³/mol. The molecule has 2 aromatic rings. The van der Waals surface area contributed by atoms with Crippen molar-refractivity contribution in [2.24, 2.45) is 0 Å². The largest absolute Gasteiger partial charge is 0.465 e. The van der Waals surface area contributed by atoms with Gasteiger partial charge in [-0.3, -0.25) is 19.8 Å². The number of nitrogens with zero attached hydrogens (tertiary/aromatic N) is 2. The van der Waals surface area contributed by atoms with E-state index in [1.54, 1.807) is 25.1 Å². The van der Waals surface area contributed by atoms with Crippen LogP contribution < -0.4 is 4.90 Å². The number of nitro groups is 1. The highest BCUT2D eigenvalue weighted by Crippen LogP contribution is 2.36. The number of rotatable bonds is 4. The van der Waals surface area contributed by atoms with Gasteiger partial charge in [0.2, 0.25) is 0 Å². The molecule has 7 nitrogen and oxygen atoms in total. The average Bonchev–Trinajstić information content (AvgIpc) is 2.94. The Labute approximate surface area is 175 Å². The maximum atomic E-state index is 13.1. The fourth-order valence-corrected chi connectivity index (χ4v) is 3.29. The van der Waals surface area contributed by atoms with Crippen LogP contribution >= 0.6 is 23.2 Å². The number of amides is 1. The van der Waals surface area contributed by atoms with Gasteiger partial charge < -0.3 is 4.74 Å². The lowest BCUT2D eigenvalue weighted by atomic mass is 10.0. The molecule has 1 heterocycles. The molecular formula is C20H14Cl2N2O5. The highest BCUT2D eigenvalue weighted by atomic mass is 35.5. The summed E-state index contributed by atoms with van der Waals surface area (Å²) < 4.78 is 4.85. The van der Waals surface area contributed by atoms with Gasteiger partial charge in [0.25, 0.3) is 11.6 Å². The zero-order valence-corrected chi connectivity index (χ0v) is 16.8. The molecule has 1 amide bonds.